The first-order valence-electron chi connectivity index (χ1n) is 12.2. The van der Waals surface area contributed by atoms with Crippen LogP contribution in [0.1, 0.15) is 87.8 Å². The first-order valence-corrected chi connectivity index (χ1v) is 12.2. The van der Waals surface area contributed by atoms with E-state index in [-0.39, 0.29) is 23.8 Å². The summed E-state index contributed by atoms with van der Waals surface area (Å²) in [6.07, 6.45) is 7.95. The first kappa shape index (κ1) is 23.3. The zero-order valence-corrected chi connectivity index (χ0v) is 20.3. The van der Waals surface area contributed by atoms with E-state index in [4.69, 9.17) is 4.74 Å². The standard InChI is InChI=1S/C26H36N4O3/c1-18(2)22-16-23-24(31)30(20-12-14-21(33-4)15-13-20)26(3,17-29(23)28-22)25(32)27-19-10-8-6-5-7-9-11-19/h12-16,18-19H,5-11,17H2,1-4H3,(H,27,32). The Kier molecular flexibility index (Phi) is 6.77. The van der Waals surface area contributed by atoms with Crippen LogP contribution in [0.4, 0.5) is 5.69 Å². The lowest BCUT2D eigenvalue weighted by atomic mass is 9.91. The van der Waals surface area contributed by atoms with Gasteiger partial charge in [-0.05, 0) is 56.0 Å². The van der Waals surface area contributed by atoms with Crippen LogP contribution < -0.4 is 15.0 Å². The lowest BCUT2D eigenvalue weighted by Gasteiger charge is -2.43. The van der Waals surface area contributed by atoms with Gasteiger partial charge in [-0.1, -0.05) is 46.0 Å². The molecule has 7 heteroatoms. The number of hydrogen-bond acceptors (Lipinski definition) is 4. The van der Waals surface area contributed by atoms with Crippen molar-refractivity contribution in [1.82, 2.24) is 15.1 Å². The summed E-state index contributed by atoms with van der Waals surface area (Å²) >= 11 is 0. The third-order valence-electron chi connectivity index (χ3n) is 7.02. The Morgan fingerprint density at radius 2 is 1.76 bits per heavy atom. The van der Waals surface area contributed by atoms with Gasteiger partial charge in [-0.3, -0.25) is 19.2 Å². The molecule has 1 N–H and O–H groups in total. The molecule has 2 heterocycles. The summed E-state index contributed by atoms with van der Waals surface area (Å²) in [6.45, 7) is 6.28. The third kappa shape index (κ3) is 4.63. The minimum Gasteiger partial charge on any atom is -0.497 e. The van der Waals surface area contributed by atoms with Gasteiger partial charge in [0.15, 0.2) is 0 Å². The Bertz CT molecular complexity index is 989. The highest BCUT2D eigenvalue weighted by atomic mass is 16.5. The van der Waals surface area contributed by atoms with Crippen molar-refractivity contribution in [3.05, 3.63) is 41.7 Å². The maximum atomic E-state index is 13.8. The van der Waals surface area contributed by atoms with Crippen LogP contribution in [0.25, 0.3) is 0 Å². The quantitative estimate of drug-likeness (QED) is 0.716. The Morgan fingerprint density at radius 3 is 2.36 bits per heavy atom. The number of carbonyl (C=O) groups excluding carboxylic acids is 2. The number of aromatic nitrogens is 2. The van der Waals surface area contributed by atoms with Gasteiger partial charge in [-0.25, -0.2) is 0 Å². The second-order valence-electron chi connectivity index (χ2n) is 9.89. The van der Waals surface area contributed by atoms with Gasteiger partial charge in [0.05, 0.1) is 19.3 Å². The molecule has 178 valence electrons. The van der Waals surface area contributed by atoms with Gasteiger partial charge >= 0.3 is 0 Å². The lowest BCUT2D eigenvalue weighted by Crippen LogP contribution is -2.65. The van der Waals surface area contributed by atoms with Crippen LogP contribution in [0.15, 0.2) is 30.3 Å². The number of nitrogens with zero attached hydrogens (tertiary/aromatic N) is 3. The zero-order chi connectivity index (χ0) is 23.6. The molecule has 1 aromatic heterocycles. The number of anilines is 1. The summed E-state index contributed by atoms with van der Waals surface area (Å²) in [7, 11) is 1.61. The minimum absolute atomic E-state index is 0.121. The minimum atomic E-state index is -1.10. The van der Waals surface area contributed by atoms with Gasteiger partial charge < -0.3 is 10.1 Å². The van der Waals surface area contributed by atoms with E-state index in [1.165, 1.54) is 19.3 Å². The molecule has 1 atom stereocenters. The van der Waals surface area contributed by atoms with Crippen LogP contribution in [0.2, 0.25) is 0 Å². The molecule has 2 aromatic rings. The summed E-state index contributed by atoms with van der Waals surface area (Å²) < 4.78 is 7.01. The summed E-state index contributed by atoms with van der Waals surface area (Å²) in [5.41, 5.74) is 0.958. The molecule has 1 fully saturated rings. The molecular weight excluding hydrogens is 416 g/mol. The molecule has 0 saturated heterocycles. The van der Waals surface area contributed by atoms with Crippen molar-refractivity contribution in [3.63, 3.8) is 0 Å². The highest BCUT2D eigenvalue weighted by Crippen LogP contribution is 2.34. The maximum Gasteiger partial charge on any atom is 0.277 e. The Labute approximate surface area is 196 Å². The van der Waals surface area contributed by atoms with Gasteiger partial charge in [0.25, 0.3) is 5.91 Å². The van der Waals surface area contributed by atoms with E-state index >= 15 is 0 Å². The Morgan fingerprint density at radius 1 is 1.12 bits per heavy atom. The highest BCUT2D eigenvalue weighted by Gasteiger charge is 2.49. The topological polar surface area (TPSA) is 76.5 Å². The van der Waals surface area contributed by atoms with E-state index < -0.39 is 5.54 Å². The van der Waals surface area contributed by atoms with Crippen LogP contribution in [0.5, 0.6) is 5.75 Å². The van der Waals surface area contributed by atoms with Gasteiger partial charge in [0.1, 0.15) is 17.0 Å². The van der Waals surface area contributed by atoms with Gasteiger partial charge in [0.2, 0.25) is 5.91 Å². The van der Waals surface area contributed by atoms with Crippen LogP contribution >= 0.6 is 0 Å². The molecule has 1 saturated carbocycles. The molecule has 1 aliphatic heterocycles. The van der Waals surface area contributed by atoms with E-state index in [1.54, 1.807) is 16.7 Å². The van der Waals surface area contributed by atoms with Crippen molar-refractivity contribution in [1.29, 1.82) is 0 Å². The van der Waals surface area contributed by atoms with Crippen molar-refractivity contribution in [2.24, 2.45) is 0 Å². The summed E-state index contributed by atoms with van der Waals surface area (Å²) in [6, 6.07) is 9.33. The van der Waals surface area contributed by atoms with Crippen LogP contribution in [0.3, 0.4) is 0 Å². The summed E-state index contributed by atoms with van der Waals surface area (Å²) in [4.78, 5) is 29.2. The molecular formula is C26H36N4O3. The third-order valence-corrected chi connectivity index (χ3v) is 7.02. The lowest BCUT2D eigenvalue weighted by molar-refractivity contribution is -0.127. The second kappa shape index (κ2) is 9.57. The predicted octanol–water partition coefficient (Wildman–Crippen LogP) is 4.66. The largest absolute Gasteiger partial charge is 0.497 e. The summed E-state index contributed by atoms with van der Waals surface area (Å²) in [5.74, 6) is 0.571. The number of hydrogen-bond donors (Lipinski definition) is 1. The Balaban J connectivity index is 1.70. The van der Waals surface area contributed by atoms with Crippen molar-refractivity contribution in [2.75, 3.05) is 12.0 Å². The molecule has 4 rings (SSSR count). The second-order valence-corrected chi connectivity index (χ2v) is 9.89. The predicted molar refractivity (Wildman–Crippen MR) is 129 cm³/mol. The smallest absolute Gasteiger partial charge is 0.277 e. The highest BCUT2D eigenvalue weighted by molar-refractivity contribution is 6.11. The molecule has 0 bridgehead atoms. The molecule has 2 amide bonds. The number of methoxy groups -OCH3 is 1. The number of nitrogens with one attached hydrogen (secondary N) is 1. The molecule has 0 spiro atoms. The number of carbonyl (C=O) groups is 2. The zero-order valence-electron chi connectivity index (χ0n) is 20.3. The Hall–Kier alpha value is -2.83. The number of ether oxygens (including phenoxy) is 1. The monoisotopic (exact) mass is 452 g/mol. The van der Waals surface area contributed by atoms with Gasteiger partial charge in [0, 0.05) is 11.7 Å². The van der Waals surface area contributed by atoms with Crippen molar-refractivity contribution in [3.8, 4) is 5.75 Å². The normalized spacial score (nSPS) is 22.0. The van der Waals surface area contributed by atoms with E-state index in [9.17, 15) is 9.59 Å². The molecule has 1 aliphatic carbocycles. The fraction of sp³-hybridized carbons (Fsp3) is 0.577. The SMILES string of the molecule is COc1ccc(N2C(=O)c3cc(C(C)C)nn3CC2(C)C(=O)NC2CCCCCCC2)cc1. The fourth-order valence-corrected chi connectivity index (χ4v) is 4.96. The maximum absolute atomic E-state index is 13.8. The summed E-state index contributed by atoms with van der Waals surface area (Å²) in [5, 5.41) is 7.98. The number of fused-ring (bicyclic) bond motifs is 1. The first-order chi connectivity index (χ1) is 15.8. The van der Waals surface area contributed by atoms with E-state index in [0.29, 0.717) is 23.7 Å². The fourth-order valence-electron chi connectivity index (χ4n) is 4.96. The van der Waals surface area contributed by atoms with E-state index in [0.717, 1.165) is 31.4 Å². The molecule has 1 unspecified atom stereocenters. The number of rotatable bonds is 5. The van der Waals surface area contributed by atoms with Gasteiger partial charge in [-0.2, -0.15) is 5.10 Å². The number of amides is 2. The number of benzene rings is 1. The van der Waals surface area contributed by atoms with Crippen molar-refractivity contribution < 1.29 is 14.3 Å². The van der Waals surface area contributed by atoms with Gasteiger partial charge in [-0.15, -0.1) is 0 Å². The molecule has 0 radical (unpaired) electrons. The average molecular weight is 453 g/mol. The molecule has 7 nitrogen and oxygen atoms in total. The average Bonchev–Trinajstić information content (AvgIpc) is 3.20. The van der Waals surface area contributed by atoms with Crippen LogP contribution in [-0.2, 0) is 11.3 Å². The molecule has 33 heavy (non-hydrogen) atoms. The van der Waals surface area contributed by atoms with E-state index in [1.807, 2.05) is 37.3 Å². The van der Waals surface area contributed by atoms with Crippen molar-refractivity contribution in [2.45, 2.75) is 89.8 Å². The van der Waals surface area contributed by atoms with Crippen molar-refractivity contribution >= 4 is 17.5 Å². The molecule has 2 aliphatic rings. The van der Waals surface area contributed by atoms with Crippen LogP contribution in [-0.4, -0.2) is 40.3 Å². The molecule has 1 aromatic carbocycles. The van der Waals surface area contributed by atoms with E-state index in [2.05, 4.69) is 24.3 Å². The van der Waals surface area contributed by atoms with Crippen LogP contribution in [0, 0.1) is 0 Å².